The first kappa shape index (κ1) is 17.2. The topological polar surface area (TPSA) is 69.1 Å². The molecule has 0 bridgehead atoms. The minimum Gasteiger partial charge on any atom is -0.454 e. The molecule has 0 radical (unpaired) electrons. The first-order chi connectivity index (χ1) is 11.7. The highest BCUT2D eigenvalue weighted by Gasteiger charge is 2.33. The molecule has 2 heterocycles. The highest BCUT2D eigenvalue weighted by atomic mass is 19.4. The summed E-state index contributed by atoms with van der Waals surface area (Å²) < 4.78 is 45.3. The largest absolute Gasteiger partial charge is 0.454 e. The van der Waals surface area contributed by atoms with Crippen LogP contribution >= 0.6 is 0 Å². The quantitative estimate of drug-likeness (QED) is 0.753. The van der Waals surface area contributed by atoms with Crippen LogP contribution in [0.4, 0.5) is 13.2 Å². The maximum absolute atomic E-state index is 13.2. The predicted molar refractivity (Wildman–Crippen MR) is 88.1 cm³/mol. The maximum Gasteiger partial charge on any atom is 0.416 e. The van der Waals surface area contributed by atoms with Gasteiger partial charge in [-0.2, -0.15) is 13.2 Å². The molecule has 3 aromatic rings. The summed E-state index contributed by atoms with van der Waals surface area (Å²) in [5.41, 5.74) is 5.17. The number of alkyl halides is 3. The molecule has 0 aliphatic carbocycles. The lowest BCUT2D eigenvalue weighted by atomic mass is 9.99. The fraction of sp³-hybridized carbons (Fsp3) is 0.222. The number of hydrogen-bond acceptors (Lipinski definition) is 4. The number of nitrogens with two attached hydrogens (primary N) is 1. The van der Waals surface area contributed by atoms with E-state index < -0.39 is 23.2 Å². The predicted octanol–water partition coefficient (Wildman–Crippen LogP) is 4.20. The van der Waals surface area contributed by atoms with Crippen LogP contribution in [0.15, 0.2) is 45.7 Å². The SMILES string of the molecule is Cc1c(-c2ccccn2)oc2c(C(C)N)cc(C(F)(F)F)cc2c1=O. The van der Waals surface area contributed by atoms with Gasteiger partial charge in [0.25, 0.3) is 0 Å². The smallest absolute Gasteiger partial charge is 0.416 e. The summed E-state index contributed by atoms with van der Waals surface area (Å²) in [6.45, 7) is 3.04. The van der Waals surface area contributed by atoms with Crippen LogP contribution in [-0.4, -0.2) is 4.98 Å². The van der Waals surface area contributed by atoms with Gasteiger partial charge in [-0.25, -0.2) is 0 Å². The second-order valence-corrected chi connectivity index (χ2v) is 5.83. The van der Waals surface area contributed by atoms with Gasteiger partial charge < -0.3 is 10.2 Å². The van der Waals surface area contributed by atoms with Gasteiger partial charge in [-0.3, -0.25) is 9.78 Å². The molecule has 130 valence electrons. The average Bonchev–Trinajstić information content (AvgIpc) is 2.57. The first-order valence-electron chi connectivity index (χ1n) is 7.55. The van der Waals surface area contributed by atoms with Crippen LogP contribution in [0.3, 0.4) is 0 Å². The summed E-state index contributed by atoms with van der Waals surface area (Å²) in [5, 5.41) is -0.140. The van der Waals surface area contributed by atoms with Crippen LogP contribution in [0, 0.1) is 6.92 Å². The highest BCUT2D eigenvalue weighted by molar-refractivity contribution is 5.84. The highest BCUT2D eigenvalue weighted by Crippen LogP contribution is 2.35. The third-order valence-electron chi connectivity index (χ3n) is 3.96. The van der Waals surface area contributed by atoms with Crippen molar-refractivity contribution in [3.8, 4) is 11.5 Å². The van der Waals surface area contributed by atoms with Gasteiger partial charge in [0.15, 0.2) is 11.2 Å². The number of rotatable bonds is 2. The fourth-order valence-corrected chi connectivity index (χ4v) is 2.66. The van der Waals surface area contributed by atoms with Gasteiger partial charge in [-0.15, -0.1) is 0 Å². The van der Waals surface area contributed by atoms with E-state index in [-0.39, 0.29) is 27.9 Å². The lowest BCUT2D eigenvalue weighted by molar-refractivity contribution is -0.137. The van der Waals surface area contributed by atoms with Crippen molar-refractivity contribution in [3.63, 3.8) is 0 Å². The minimum absolute atomic E-state index is 0.0549. The van der Waals surface area contributed by atoms with Gasteiger partial charge in [0.1, 0.15) is 11.3 Å². The molecule has 4 nitrogen and oxygen atoms in total. The van der Waals surface area contributed by atoms with Crippen LogP contribution in [0.2, 0.25) is 0 Å². The molecule has 0 aliphatic heterocycles. The van der Waals surface area contributed by atoms with Gasteiger partial charge >= 0.3 is 6.18 Å². The Hall–Kier alpha value is -2.67. The van der Waals surface area contributed by atoms with E-state index in [1.807, 2.05) is 0 Å². The van der Waals surface area contributed by atoms with Crippen LogP contribution in [0.5, 0.6) is 0 Å². The zero-order chi connectivity index (χ0) is 18.4. The van der Waals surface area contributed by atoms with Crippen LogP contribution in [0.25, 0.3) is 22.4 Å². The Morgan fingerprint density at radius 1 is 1.24 bits per heavy atom. The van der Waals surface area contributed by atoms with Gasteiger partial charge in [0.2, 0.25) is 0 Å². The van der Waals surface area contributed by atoms with Crippen LogP contribution in [0.1, 0.15) is 29.7 Å². The molecular formula is C18H15F3N2O2. The molecule has 1 unspecified atom stereocenters. The van der Waals surface area contributed by atoms with E-state index in [0.717, 1.165) is 12.1 Å². The molecular weight excluding hydrogens is 333 g/mol. The van der Waals surface area contributed by atoms with E-state index in [4.69, 9.17) is 10.2 Å². The molecule has 7 heteroatoms. The number of halogens is 3. The maximum atomic E-state index is 13.2. The Kier molecular flexibility index (Phi) is 4.12. The van der Waals surface area contributed by atoms with Crippen molar-refractivity contribution in [2.24, 2.45) is 5.73 Å². The Bertz CT molecular complexity index is 993. The van der Waals surface area contributed by atoms with E-state index in [1.165, 1.54) is 20.0 Å². The molecule has 0 saturated heterocycles. The summed E-state index contributed by atoms with van der Waals surface area (Å²) in [5.74, 6) is 0.222. The van der Waals surface area contributed by atoms with Crippen molar-refractivity contribution >= 4 is 11.0 Å². The van der Waals surface area contributed by atoms with Gasteiger partial charge in [-0.1, -0.05) is 6.07 Å². The molecule has 0 aliphatic rings. The summed E-state index contributed by atoms with van der Waals surface area (Å²) in [7, 11) is 0. The number of hydrogen-bond donors (Lipinski definition) is 1. The molecule has 3 rings (SSSR count). The summed E-state index contributed by atoms with van der Waals surface area (Å²) in [6.07, 6.45) is -3.05. The zero-order valence-corrected chi connectivity index (χ0v) is 13.5. The van der Waals surface area contributed by atoms with E-state index in [2.05, 4.69) is 4.98 Å². The van der Waals surface area contributed by atoms with Gasteiger partial charge in [-0.05, 0) is 38.1 Å². The lowest BCUT2D eigenvalue weighted by Gasteiger charge is -2.15. The van der Waals surface area contributed by atoms with Crippen molar-refractivity contribution in [2.45, 2.75) is 26.1 Å². The van der Waals surface area contributed by atoms with Gasteiger partial charge in [0, 0.05) is 23.4 Å². The Balaban J connectivity index is 2.42. The summed E-state index contributed by atoms with van der Waals surface area (Å²) in [4.78, 5) is 16.8. The second-order valence-electron chi connectivity index (χ2n) is 5.83. The standard InChI is InChI=1S/C18H15F3N2O2/c1-9-15(24)13-8-11(18(19,20)21)7-12(10(2)22)17(13)25-16(9)14-5-3-4-6-23-14/h3-8,10H,22H2,1-2H3. The number of fused-ring (bicyclic) bond motifs is 1. The molecule has 1 aromatic carbocycles. The molecule has 0 spiro atoms. The van der Waals surface area contributed by atoms with Crippen molar-refractivity contribution < 1.29 is 17.6 Å². The Labute approximate surface area is 141 Å². The molecule has 25 heavy (non-hydrogen) atoms. The van der Waals surface area contributed by atoms with E-state index in [0.29, 0.717) is 5.69 Å². The molecule has 1 atom stereocenters. The van der Waals surface area contributed by atoms with Crippen molar-refractivity contribution in [2.75, 3.05) is 0 Å². The van der Waals surface area contributed by atoms with E-state index in [1.54, 1.807) is 18.2 Å². The molecule has 2 aromatic heterocycles. The van der Waals surface area contributed by atoms with Crippen molar-refractivity contribution in [1.29, 1.82) is 0 Å². The molecule has 0 amide bonds. The van der Waals surface area contributed by atoms with Crippen molar-refractivity contribution in [1.82, 2.24) is 4.98 Å². The Morgan fingerprint density at radius 2 is 1.96 bits per heavy atom. The average molecular weight is 348 g/mol. The van der Waals surface area contributed by atoms with Gasteiger partial charge in [0.05, 0.1) is 10.9 Å². The minimum atomic E-state index is -4.59. The number of aromatic nitrogens is 1. The third kappa shape index (κ3) is 3.02. The van der Waals surface area contributed by atoms with Crippen LogP contribution in [-0.2, 0) is 6.18 Å². The molecule has 0 fully saturated rings. The van der Waals surface area contributed by atoms with E-state index in [9.17, 15) is 18.0 Å². The summed E-state index contributed by atoms with van der Waals surface area (Å²) >= 11 is 0. The lowest BCUT2D eigenvalue weighted by Crippen LogP contribution is -2.15. The monoisotopic (exact) mass is 348 g/mol. The summed E-state index contributed by atoms with van der Waals surface area (Å²) in [6, 6.07) is 6.08. The van der Waals surface area contributed by atoms with Crippen molar-refractivity contribution in [3.05, 3.63) is 63.4 Å². The van der Waals surface area contributed by atoms with Crippen LogP contribution < -0.4 is 11.2 Å². The third-order valence-corrected chi connectivity index (χ3v) is 3.96. The molecule has 0 saturated carbocycles. The first-order valence-corrected chi connectivity index (χ1v) is 7.55. The Morgan fingerprint density at radius 3 is 2.52 bits per heavy atom. The zero-order valence-electron chi connectivity index (χ0n) is 13.5. The number of nitrogens with zero attached hydrogens (tertiary/aromatic N) is 1. The second kappa shape index (κ2) is 6.00. The fourth-order valence-electron chi connectivity index (χ4n) is 2.66. The van der Waals surface area contributed by atoms with E-state index >= 15 is 0 Å². The number of pyridine rings is 1. The molecule has 2 N–H and O–H groups in total. The normalized spacial score (nSPS) is 13.2. The number of benzene rings is 1.